The Morgan fingerprint density at radius 3 is 2.90 bits per heavy atom. The molecule has 0 aliphatic carbocycles. The Morgan fingerprint density at radius 2 is 2.20 bits per heavy atom. The van der Waals surface area contributed by atoms with E-state index in [9.17, 15) is 4.79 Å². The summed E-state index contributed by atoms with van der Waals surface area (Å²) in [7, 11) is 1.65. The fraction of sp³-hybridized carbons (Fsp3) is 0.467. The summed E-state index contributed by atoms with van der Waals surface area (Å²) < 4.78 is 1.80. The summed E-state index contributed by atoms with van der Waals surface area (Å²) in [5, 5.41) is 10.5. The van der Waals surface area contributed by atoms with Gasteiger partial charge in [-0.3, -0.25) is 4.79 Å². The third-order valence-electron chi connectivity index (χ3n) is 4.10. The number of hydrogen-bond donors (Lipinski definition) is 2. The van der Waals surface area contributed by atoms with Gasteiger partial charge < -0.3 is 10.6 Å². The minimum Gasteiger partial charge on any atom is -0.355 e. The van der Waals surface area contributed by atoms with E-state index in [2.05, 4.69) is 27.9 Å². The summed E-state index contributed by atoms with van der Waals surface area (Å²) in [4.78, 5) is 12.0. The van der Waals surface area contributed by atoms with Crippen LogP contribution in [0.1, 0.15) is 40.4 Å². The van der Waals surface area contributed by atoms with Crippen LogP contribution in [0.25, 0.3) is 5.52 Å². The molecule has 0 spiro atoms. The topological polar surface area (TPSA) is 58.4 Å². The Labute approximate surface area is 118 Å². The summed E-state index contributed by atoms with van der Waals surface area (Å²) in [6.45, 7) is 4.01. The number of carbonyl (C=O) groups excluding carboxylic acids is 1. The van der Waals surface area contributed by atoms with E-state index in [0.29, 0.717) is 11.5 Å². The molecule has 3 heterocycles. The van der Waals surface area contributed by atoms with Crippen molar-refractivity contribution in [1.82, 2.24) is 20.2 Å². The van der Waals surface area contributed by atoms with E-state index < -0.39 is 0 Å². The van der Waals surface area contributed by atoms with Crippen LogP contribution in [0.2, 0.25) is 0 Å². The van der Waals surface area contributed by atoms with Crippen LogP contribution in [-0.4, -0.2) is 35.7 Å². The summed E-state index contributed by atoms with van der Waals surface area (Å²) in [5.41, 5.74) is 3.66. The molecule has 1 aliphatic heterocycles. The molecular weight excluding hydrogens is 252 g/mol. The minimum absolute atomic E-state index is 0.0695. The molecule has 0 bridgehead atoms. The number of carbonyl (C=O) groups is 1. The average molecular weight is 272 g/mol. The van der Waals surface area contributed by atoms with Crippen molar-refractivity contribution in [2.45, 2.75) is 25.7 Å². The normalized spacial score (nSPS) is 16.5. The summed E-state index contributed by atoms with van der Waals surface area (Å²) in [5.74, 6) is 0.508. The molecule has 1 aliphatic rings. The van der Waals surface area contributed by atoms with Gasteiger partial charge in [0.2, 0.25) is 0 Å². The van der Waals surface area contributed by atoms with Gasteiger partial charge in [-0.25, -0.2) is 4.52 Å². The highest BCUT2D eigenvalue weighted by molar-refractivity contribution is 6.01. The lowest BCUT2D eigenvalue weighted by Crippen LogP contribution is -2.26. The second kappa shape index (κ2) is 5.25. The minimum atomic E-state index is -0.0695. The standard InChI is InChI=1S/C15H20N4O/c1-10-14(15(20)16-2)13-9-12(5-8-19(13)18-10)11-3-6-17-7-4-11/h5,8-9,11,17H,3-4,6-7H2,1-2H3,(H,16,20). The predicted octanol–water partition coefficient (Wildman–Crippen LogP) is 1.47. The fourth-order valence-electron chi connectivity index (χ4n) is 2.99. The van der Waals surface area contributed by atoms with E-state index in [0.717, 1.165) is 37.1 Å². The molecule has 5 nitrogen and oxygen atoms in total. The molecule has 0 radical (unpaired) electrons. The number of pyridine rings is 1. The smallest absolute Gasteiger partial charge is 0.255 e. The highest BCUT2D eigenvalue weighted by Crippen LogP contribution is 2.27. The number of amides is 1. The molecule has 2 N–H and O–H groups in total. The van der Waals surface area contributed by atoms with E-state index in [-0.39, 0.29) is 5.91 Å². The zero-order valence-corrected chi connectivity index (χ0v) is 11.9. The number of fused-ring (bicyclic) bond motifs is 1. The lowest BCUT2D eigenvalue weighted by atomic mass is 9.90. The van der Waals surface area contributed by atoms with Gasteiger partial charge in [-0.15, -0.1) is 0 Å². The fourth-order valence-corrected chi connectivity index (χ4v) is 2.99. The third kappa shape index (κ3) is 2.18. The third-order valence-corrected chi connectivity index (χ3v) is 4.10. The van der Waals surface area contributed by atoms with Gasteiger partial charge in [-0.1, -0.05) is 0 Å². The van der Waals surface area contributed by atoms with Crippen LogP contribution >= 0.6 is 0 Å². The molecule has 20 heavy (non-hydrogen) atoms. The van der Waals surface area contributed by atoms with E-state index in [1.54, 1.807) is 11.6 Å². The lowest BCUT2D eigenvalue weighted by molar-refractivity contribution is 0.0964. The Bertz CT molecular complexity index is 641. The first-order valence-corrected chi connectivity index (χ1v) is 7.12. The molecule has 0 atom stereocenters. The first-order chi connectivity index (χ1) is 9.70. The Hall–Kier alpha value is -1.88. The van der Waals surface area contributed by atoms with Crippen molar-refractivity contribution in [3.05, 3.63) is 35.2 Å². The zero-order valence-electron chi connectivity index (χ0n) is 11.9. The largest absolute Gasteiger partial charge is 0.355 e. The number of nitrogens with one attached hydrogen (secondary N) is 2. The Morgan fingerprint density at radius 1 is 1.45 bits per heavy atom. The number of piperidine rings is 1. The van der Waals surface area contributed by atoms with Crippen molar-refractivity contribution in [3.8, 4) is 0 Å². The van der Waals surface area contributed by atoms with Crippen molar-refractivity contribution < 1.29 is 4.79 Å². The summed E-state index contributed by atoms with van der Waals surface area (Å²) in [6, 6.07) is 4.25. The molecule has 1 amide bonds. The average Bonchev–Trinajstić information content (AvgIpc) is 2.82. The molecule has 106 valence electrons. The van der Waals surface area contributed by atoms with E-state index in [4.69, 9.17) is 0 Å². The quantitative estimate of drug-likeness (QED) is 0.870. The van der Waals surface area contributed by atoms with E-state index in [1.807, 2.05) is 13.1 Å². The summed E-state index contributed by atoms with van der Waals surface area (Å²) in [6.07, 6.45) is 4.27. The molecular formula is C15H20N4O. The monoisotopic (exact) mass is 272 g/mol. The van der Waals surface area contributed by atoms with Crippen molar-refractivity contribution in [2.75, 3.05) is 20.1 Å². The Balaban J connectivity index is 2.06. The highest BCUT2D eigenvalue weighted by atomic mass is 16.1. The van der Waals surface area contributed by atoms with Crippen LogP contribution in [0.3, 0.4) is 0 Å². The van der Waals surface area contributed by atoms with Crippen molar-refractivity contribution in [1.29, 1.82) is 0 Å². The van der Waals surface area contributed by atoms with Gasteiger partial charge in [0, 0.05) is 13.2 Å². The van der Waals surface area contributed by atoms with Crippen molar-refractivity contribution in [2.24, 2.45) is 0 Å². The second-order valence-electron chi connectivity index (χ2n) is 5.35. The lowest BCUT2D eigenvalue weighted by Gasteiger charge is -2.23. The van der Waals surface area contributed by atoms with E-state index in [1.165, 1.54) is 5.56 Å². The molecule has 0 aromatic carbocycles. The number of nitrogens with zero attached hydrogens (tertiary/aromatic N) is 2. The van der Waals surface area contributed by atoms with Crippen LogP contribution in [0.15, 0.2) is 18.3 Å². The molecule has 1 saturated heterocycles. The summed E-state index contributed by atoms with van der Waals surface area (Å²) >= 11 is 0. The van der Waals surface area contributed by atoms with Gasteiger partial charge >= 0.3 is 0 Å². The van der Waals surface area contributed by atoms with Crippen LogP contribution in [0, 0.1) is 6.92 Å². The number of aromatic nitrogens is 2. The van der Waals surface area contributed by atoms with Crippen LogP contribution < -0.4 is 10.6 Å². The van der Waals surface area contributed by atoms with Gasteiger partial charge in [-0.2, -0.15) is 5.10 Å². The number of hydrogen-bond acceptors (Lipinski definition) is 3. The Kier molecular flexibility index (Phi) is 3.44. The van der Waals surface area contributed by atoms with Crippen LogP contribution in [-0.2, 0) is 0 Å². The first kappa shape index (κ1) is 13.1. The molecule has 1 fully saturated rings. The molecule has 0 unspecified atom stereocenters. The second-order valence-corrected chi connectivity index (χ2v) is 5.35. The first-order valence-electron chi connectivity index (χ1n) is 7.12. The highest BCUT2D eigenvalue weighted by Gasteiger charge is 2.19. The zero-order chi connectivity index (χ0) is 14.1. The van der Waals surface area contributed by atoms with Gasteiger partial charge in [0.15, 0.2) is 0 Å². The molecule has 5 heteroatoms. The van der Waals surface area contributed by atoms with Gasteiger partial charge in [0.05, 0.1) is 16.8 Å². The molecule has 2 aromatic rings. The van der Waals surface area contributed by atoms with E-state index >= 15 is 0 Å². The van der Waals surface area contributed by atoms with Crippen molar-refractivity contribution >= 4 is 11.4 Å². The van der Waals surface area contributed by atoms with Gasteiger partial charge in [-0.05, 0) is 56.5 Å². The maximum atomic E-state index is 12.0. The maximum absolute atomic E-state index is 12.0. The van der Waals surface area contributed by atoms with Crippen LogP contribution in [0.4, 0.5) is 0 Å². The molecule has 2 aromatic heterocycles. The molecule has 3 rings (SSSR count). The van der Waals surface area contributed by atoms with Gasteiger partial charge in [0.25, 0.3) is 5.91 Å². The number of rotatable bonds is 2. The molecule has 0 saturated carbocycles. The van der Waals surface area contributed by atoms with Crippen molar-refractivity contribution in [3.63, 3.8) is 0 Å². The van der Waals surface area contributed by atoms with Crippen LogP contribution in [0.5, 0.6) is 0 Å². The predicted molar refractivity (Wildman–Crippen MR) is 78.2 cm³/mol. The SMILES string of the molecule is CNC(=O)c1c(C)nn2ccc(C3CCNCC3)cc12. The van der Waals surface area contributed by atoms with Gasteiger partial charge in [0.1, 0.15) is 0 Å². The number of aryl methyl sites for hydroxylation is 1. The maximum Gasteiger partial charge on any atom is 0.255 e.